The lowest BCUT2D eigenvalue weighted by Gasteiger charge is -1.95. The zero-order valence-electron chi connectivity index (χ0n) is 7.72. The minimum Gasteiger partial charge on any atom is -0.462 e. The van der Waals surface area contributed by atoms with E-state index in [1.54, 1.807) is 13.0 Å². The number of nitriles is 1. The van der Waals surface area contributed by atoms with E-state index in [0.717, 1.165) is 17.4 Å². The van der Waals surface area contributed by atoms with E-state index in [9.17, 15) is 14.9 Å². The molecule has 0 N–H and O–H groups in total. The van der Waals surface area contributed by atoms with Crippen molar-refractivity contribution in [3.8, 4) is 6.07 Å². The van der Waals surface area contributed by atoms with E-state index in [4.69, 9.17) is 5.26 Å². The molecule has 0 spiro atoms. The van der Waals surface area contributed by atoms with Gasteiger partial charge in [-0.25, -0.2) is 4.79 Å². The van der Waals surface area contributed by atoms with Gasteiger partial charge in [-0.2, -0.15) is 5.26 Å². The molecule has 0 aliphatic heterocycles. The predicted octanol–water partition coefficient (Wildman–Crippen LogP) is 1.70. The summed E-state index contributed by atoms with van der Waals surface area (Å²) in [6.45, 7) is 1.82. The lowest BCUT2D eigenvalue weighted by Crippen LogP contribution is -2.01. The molecule has 7 heteroatoms. The van der Waals surface area contributed by atoms with Crippen molar-refractivity contribution in [3.05, 3.63) is 25.9 Å². The van der Waals surface area contributed by atoms with Crippen molar-refractivity contribution < 1.29 is 14.5 Å². The van der Waals surface area contributed by atoms with E-state index in [0.29, 0.717) is 0 Å². The first-order chi connectivity index (χ1) is 7.10. The lowest BCUT2D eigenvalue weighted by atomic mass is 10.4. The van der Waals surface area contributed by atoms with E-state index < -0.39 is 10.9 Å². The molecule has 0 saturated carbocycles. The number of nitro groups is 1. The van der Waals surface area contributed by atoms with Crippen LogP contribution in [0.4, 0.5) is 5.69 Å². The van der Waals surface area contributed by atoms with Crippen molar-refractivity contribution in [2.24, 2.45) is 0 Å². The first-order valence-electron chi connectivity index (χ1n) is 3.95. The molecule has 0 saturated heterocycles. The molecule has 0 fully saturated rings. The second-order valence-electron chi connectivity index (χ2n) is 2.41. The first kappa shape index (κ1) is 11.1. The van der Waals surface area contributed by atoms with Crippen LogP contribution >= 0.6 is 11.3 Å². The molecule has 0 radical (unpaired) electrons. The standard InChI is InChI=1S/C8H6N2O4S/c1-2-14-8(11)6-3-5(10(12)13)7(4-9)15-6/h3H,2H2,1H3. The molecule has 1 heterocycles. The Bertz CT molecular complexity index is 446. The molecule has 15 heavy (non-hydrogen) atoms. The Morgan fingerprint density at radius 1 is 1.80 bits per heavy atom. The lowest BCUT2D eigenvalue weighted by molar-refractivity contribution is -0.384. The molecule has 0 amide bonds. The van der Waals surface area contributed by atoms with Crippen LogP contribution in [0.3, 0.4) is 0 Å². The molecule has 0 bridgehead atoms. The Morgan fingerprint density at radius 2 is 2.47 bits per heavy atom. The highest BCUT2D eigenvalue weighted by Gasteiger charge is 2.22. The van der Waals surface area contributed by atoms with Crippen LogP contribution in [0.25, 0.3) is 0 Å². The van der Waals surface area contributed by atoms with Crippen molar-refractivity contribution in [1.29, 1.82) is 5.26 Å². The first-order valence-corrected chi connectivity index (χ1v) is 4.77. The van der Waals surface area contributed by atoms with Crippen LogP contribution in [-0.4, -0.2) is 17.5 Å². The van der Waals surface area contributed by atoms with E-state index in [2.05, 4.69) is 4.74 Å². The number of carbonyl (C=O) groups excluding carboxylic acids is 1. The fourth-order valence-corrected chi connectivity index (χ4v) is 1.72. The highest BCUT2D eigenvalue weighted by molar-refractivity contribution is 7.15. The molecule has 78 valence electrons. The zero-order valence-corrected chi connectivity index (χ0v) is 8.54. The van der Waals surface area contributed by atoms with Crippen LogP contribution in [0.15, 0.2) is 6.07 Å². The fourth-order valence-electron chi connectivity index (χ4n) is 0.900. The van der Waals surface area contributed by atoms with Gasteiger partial charge in [0.05, 0.1) is 11.5 Å². The Labute approximate surface area is 88.9 Å². The number of rotatable bonds is 3. The van der Waals surface area contributed by atoms with Crippen molar-refractivity contribution in [2.75, 3.05) is 6.61 Å². The molecular weight excluding hydrogens is 220 g/mol. The van der Waals surface area contributed by atoms with Gasteiger partial charge in [-0.15, -0.1) is 11.3 Å². The Morgan fingerprint density at radius 3 is 2.87 bits per heavy atom. The molecule has 1 rings (SSSR count). The van der Waals surface area contributed by atoms with Gasteiger partial charge in [-0.05, 0) is 6.92 Å². The van der Waals surface area contributed by atoms with E-state index in [1.807, 2.05) is 0 Å². The summed E-state index contributed by atoms with van der Waals surface area (Å²) in [5.74, 6) is -0.646. The second-order valence-corrected chi connectivity index (χ2v) is 3.47. The number of thiophene rings is 1. The molecule has 0 atom stereocenters. The number of hydrogen-bond donors (Lipinski definition) is 0. The molecule has 0 aliphatic rings. The summed E-state index contributed by atoms with van der Waals surface area (Å²) < 4.78 is 4.66. The maximum atomic E-state index is 11.2. The minimum absolute atomic E-state index is 0.0695. The summed E-state index contributed by atoms with van der Waals surface area (Å²) in [7, 11) is 0. The average molecular weight is 226 g/mol. The van der Waals surface area contributed by atoms with E-state index in [-0.39, 0.29) is 22.0 Å². The summed E-state index contributed by atoms with van der Waals surface area (Å²) >= 11 is 0.759. The monoisotopic (exact) mass is 226 g/mol. The van der Waals surface area contributed by atoms with Crippen LogP contribution in [0.1, 0.15) is 21.5 Å². The quantitative estimate of drug-likeness (QED) is 0.444. The minimum atomic E-state index is -0.697. The number of carbonyl (C=O) groups is 1. The summed E-state index contributed by atoms with van der Waals surface area (Å²) in [4.78, 5) is 21.0. The SMILES string of the molecule is CCOC(=O)c1cc([N+](=O)[O-])c(C#N)s1. The Balaban J connectivity index is 3.09. The third-order valence-electron chi connectivity index (χ3n) is 1.49. The predicted molar refractivity (Wildman–Crippen MR) is 51.6 cm³/mol. The van der Waals surface area contributed by atoms with Crippen LogP contribution < -0.4 is 0 Å². The van der Waals surface area contributed by atoms with E-state index >= 15 is 0 Å². The van der Waals surface area contributed by atoms with Gasteiger partial charge in [-0.3, -0.25) is 10.1 Å². The number of hydrogen-bond acceptors (Lipinski definition) is 6. The molecule has 6 nitrogen and oxygen atoms in total. The zero-order chi connectivity index (χ0) is 11.4. The molecular formula is C8H6N2O4S. The van der Waals surface area contributed by atoms with E-state index in [1.165, 1.54) is 0 Å². The van der Waals surface area contributed by atoms with Crippen LogP contribution in [-0.2, 0) is 4.74 Å². The van der Waals surface area contributed by atoms with Gasteiger partial charge in [0.1, 0.15) is 10.9 Å². The van der Waals surface area contributed by atoms with Gasteiger partial charge >= 0.3 is 5.97 Å². The molecule has 0 unspecified atom stereocenters. The third kappa shape index (κ3) is 2.30. The largest absolute Gasteiger partial charge is 0.462 e. The van der Waals surface area contributed by atoms with Crippen molar-refractivity contribution in [1.82, 2.24) is 0 Å². The topological polar surface area (TPSA) is 93.2 Å². The van der Waals surface area contributed by atoms with Crippen molar-refractivity contribution in [3.63, 3.8) is 0 Å². The van der Waals surface area contributed by atoms with Gasteiger partial charge in [0.25, 0.3) is 5.69 Å². The summed E-state index contributed by atoms with van der Waals surface area (Å²) in [6.07, 6.45) is 0. The highest BCUT2D eigenvalue weighted by atomic mass is 32.1. The van der Waals surface area contributed by atoms with Gasteiger partial charge in [0.15, 0.2) is 4.88 Å². The molecule has 1 aromatic heterocycles. The van der Waals surface area contributed by atoms with Crippen LogP contribution in [0.5, 0.6) is 0 Å². The Hall–Kier alpha value is -1.94. The maximum absolute atomic E-state index is 11.2. The number of ether oxygens (including phenoxy) is 1. The summed E-state index contributed by atoms with van der Waals surface area (Å²) in [5.41, 5.74) is -0.356. The van der Waals surface area contributed by atoms with Crippen LogP contribution in [0.2, 0.25) is 0 Å². The molecule has 1 aromatic rings. The molecule has 0 aliphatic carbocycles. The normalized spacial score (nSPS) is 9.33. The smallest absolute Gasteiger partial charge is 0.348 e. The van der Waals surface area contributed by atoms with Gasteiger partial charge in [0.2, 0.25) is 0 Å². The van der Waals surface area contributed by atoms with Crippen LogP contribution in [0, 0.1) is 21.4 Å². The van der Waals surface area contributed by atoms with Crippen molar-refractivity contribution >= 4 is 23.0 Å². The summed E-state index contributed by atoms with van der Waals surface area (Å²) in [6, 6.07) is 2.72. The highest BCUT2D eigenvalue weighted by Crippen LogP contribution is 2.28. The molecule has 0 aromatic carbocycles. The second kappa shape index (κ2) is 4.52. The van der Waals surface area contributed by atoms with Gasteiger partial charge in [-0.1, -0.05) is 0 Å². The third-order valence-corrected chi connectivity index (χ3v) is 2.50. The van der Waals surface area contributed by atoms with Gasteiger partial charge < -0.3 is 4.74 Å². The Kier molecular flexibility index (Phi) is 3.36. The van der Waals surface area contributed by atoms with Gasteiger partial charge in [0, 0.05) is 6.07 Å². The fraction of sp³-hybridized carbons (Fsp3) is 0.250. The maximum Gasteiger partial charge on any atom is 0.348 e. The average Bonchev–Trinajstić information content (AvgIpc) is 2.61. The number of nitrogens with zero attached hydrogens (tertiary/aromatic N) is 2. The van der Waals surface area contributed by atoms with Crippen molar-refractivity contribution in [2.45, 2.75) is 6.92 Å². The number of esters is 1. The summed E-state index contributed by atoms with van der Waals surface area (Å²) in [5, 5.41) is 19.1.